The molecule has 0 amide bonds. The standard InChI is InChI=1S/C10H10Br2/c11-8-2-1-3-9-4-6-10(12)7-5-9/h1,3-7H,2,8H2. The normalized spacial score (nSPS) is 10.8. The molecule has 1 aromatic rings. The smallest absolute Gasteiger partial charge is 0.0175 e. The first-order chi connectivity index (χ1) is 5.83. The van der Waals surface area contributed by atoms with Gasteiger partial charge in [-0.15, -0.1) is 0 Å². The minimum Gasteiger partial charge on any atom is -0.0925 e. The lowest BCUT2D eigenvalue weighted by Gasteiger charge is -1.92. The molecule has 0 saturated carbocycles. The molecule has 0 saturated heterocycles. The summed E-state index contributed by atoms with van der Waals surface area (Å²) in [5, 5.41) is 1.03. The van der Waals surface area contributed by atoms with E-state index in [4.69, 9.17) is 0 Å². The highest BCUT2D eigenvalue weighted by Gasteiger charge is 1.86. The molecule has 64 valence electrons. The molecular formula is C10H10Br2. The molecule has 0 radical (unpaired) electrons. The Labute approximate surface area is 89.9 Å². The van der Waals surface area contributed by atoms with Crippen LogP contribution < -0.4 is 0 Å². The number of benzene rings is 1. The van der Waals surface area contributed by atoms with Gasteiger partial charge in [0.1, 0.15) is 0 Å². The molecular weight excluding hydrogens is 280 g/mol. The number of rotatable bonds is 3. The van der Waals surface area contributed by atoms with E-state index in [1.807, 2.05) is 12.1 Å². The first kappa shape index (κ1) is 10.0. The third kappa shape index (κ3) is 3.55. The van der Waals surface area contributed by atoms with Crippen LogP contribution in [-0.4, -0.2) is 5.33 Å². The van der Waals surface area contributed by atoms with Gasteiger partial charge in [0.15, 0.2) is 0 Å². The molecule has 2 heteroatoms. The van der Waals surface area contributed by atoms with Crippen LogP contribution in [0.1, 0.15) is 12.0 Å². The van der Waals surface area contributed by atoms with E-state index in [0.29, 0.717) is 0 Å². The summed E-state index contributed by atoms with van der Waals surface area (Å²) in [5.41, 5.74) is 1.25. The van der Waals surface area contributed by atoms with E-state index in [9.17, 15) is 0 Å². The van der Waals surface area contributed by atoms with Gasteiger partial charge in [-0.05, 0) is 24.1 Å². The van der Waals surface area contributed by atoms with Crippen molar-refractivity contribution >= 4 is 37.9 Å². The summed E-state index contributed by atoms with van der Waals surface area (Å²) in [4.78, 5) is 0. The van der Waals surface area contributed by atoms with Crippen molar-refractivity contribution in [2.45, 2.75) is 6.42 Å². The number of hydrogen-bond donors (Lipinski definition) is 0. The van der Waals surface area contributed by atoms with Crippen molar-refractivity contribution in [1.29, 1.82) is 0 Å². The SMILES string of the molecule is BrCCC=Cc1ccc(Br)cc1. The van der Waals surface area contributed by atoms with E-state index < -0.39 is 0 Å². The highest BCUT2D eigenvalue weighted by molar-refractivity contribution is 9.10. The van der Waals surface area contributed by atoms with Crippen molar-refractivity contribution in [2.75, 3.05) is 5.33 Å². The maximum Gasteiger partial charge on any atom is 0.0175 e. The summed E-state index contributed by atoms with van der Waals surface area (Å²) in [7, 11) is 0. The Morgan fingerprint density at radius 2 is 1.83 bits per heavy atom. The average molecular weight is 290 g/mol. The van der Waals surface area contributed by atoms with Gasteiger partial charge in [-0.25, -0.2) is 0 Å². The van der Waals surface area contributed by atoms with Crippen molar-refractivity contribution < 1.29 is 0 Å². The van der Waals surface area contributed by atoms with Crippen LogP contribution in [0.2, 0.25) is 0 Å². The Kier molecular flexibility index (Phi) is 4.62. The van der Waals surface area contributed by atoms with E-state index in [-0.39, 0.29) is 0 Å². The fraction of sp³-hybridized carbons (Fsp3) is 0.200. The molecule has 0 fully saturated rings. The minimum absolute atomic E-state index is 1.03. The van der Waals surface area contributed by atoms with E-state index in [1.54, 1.807) is 0 Å². The van der Waals surface area contributed by atoms with Gasteiger partial charge in [-0.1, -0.05) is 56.1 Å². The summed E-state index contributed by atoms with van der Waals surface area (Å²) >= 11 is 6.77. The second-order valence-corrected chi connectivity index (χ2v) is 4.14. The zero-order chi connectivity index (χ0) is 8.81. The number of hydrogen-bond acceptors (Lipinski definition) is 0. The maximum atomic E-state index is 3.40. The number of alkyl halides is 1. The Balaban J connectivity index is 2.58. The van der Waals surface area contributed by atoms with Crippen molar-refractivity contribution in [3.8, 4) is 0 Å². The van der Waals surface area contributed by atoms with Crippen LogP contribution in [-0.2, 0) is 0 Å². The second-order valence-electron chi connectivity index (χ2n) is 2.43. The first-order valence-electron chi connectivity index (χ1n) is 3.81. The molecule has 0 spiro atoms. The molecule has 0 heterocycles. The third-order valence-electron chi connectivity index (χ3n) is 1.46. The Morgan fingerprint density at radius 1 is 1.17 bits per heavy atom. The molecule has 0 unspecified atom stereocenters. The van der Waals surface area contributed by atoms with Crippen molar-refractivity contribution in [2.24, 2.45) is 0 Å². The van der Waals surface area contributed by atoms with Crippen LogP contribution in [0.15, 0.2) is 34.8 Å². The predicted molar refractivity (Wildman–Crippen MR) is 61.6 cm³/mol. The van der Waals surface area contributed by atoms with Gasteiger partial charge < -0.3 is 0 Å². The summed E-state index contributed by atoms with van der Waals surface area (Å²) in [6.07, 6.45) is 5.38. The zero-order valence-corrected chi connectivity index (χ0v) is 9.81. The van der Waals surface area contributed by atoms with E-state index >= 15 is 0 Å². The lowest BCUT2D eigenvalue weighted by molar-refractivity contribution is 1.27. The van der Waals surface area contributed by atoms with E-state index in [1.165, 1.54) is 5.56 Å². The van der Waals surface area contributed by atoms with Gasteiger partial charge in [0, 0.05) is 9.80 Å². The average Bonchev–Trinajstić information content (AvgIpc) is 2.09. The summed E-state index contributed by atoms with van der Waals surface area (Å²) < 4.78 is 1.13. The molecule has 0 atom stereocenters. The monoisotopic (exact) mass is 288 g/mol. The second kappa shape index (κ2) is 5.55. The van der Waals surface area contributed by atoms with Gasteiger partial charge in [0.25, 0.3) is 0 Å². The number of allylic oxidation sites excluding steroid dienone is 1. The highest BCUT2D eigenvalue weighted by atomic mass is 79.9. The number of halogens is 2. The van der Waals surface area contributed by atoms with Crippen LogP contribution in [0.3, 0.4) is 0 Å². The first-order valence-corrected chi connectivity index (χ1v) is 5.72. The predicted octanol–water partition coefficient (Wildman–Crippen LogP) is 4.25. The van der Waals surface area contributed by atoms with E-state index in [0.717, 1.165) is 16.2 Å². The van der Waals surface area contributed by atoms with Gasteiger partial charge in [-0.3, -0.25) is 0 Å². The molecule has 0 aliphatic heterocycles. The van der Waals surface area contributed by atoms with Gasteiger partial charge in [-0.2, -0.15) is 0 Å². The fourth-order valence-corrected chi connectivity index (χ4v) is 1.38. The lowest BCUT2D eigenvalue weighted by Crippen LogP contribution is -1.71. The molecule has 1 aromatic carbocycles. The lowest BCUT2D eigenvalue weighted by atomic mass is 10.2. The Hall–Kier alpha value is -0.0800. The zero-order valence-electron chi connectivity index (χ0n) is 6.63. The Bertz CT molecular complexity index is 249. The topological polar surface area (TPSA) is 0 Å². The summed E-state index contributed by atoms with van der Waals surface area (Å²) in [6.45, 7) is 0. The molecule has 0 N–H and O–H groups in total. The van der Waals surface area contributed by atoms with Crippen LogP contribution in [0.4, 0.5) is 0 Å². The third-order valence-corrected chi connectivity index (χ3v) is 2.44. The van der Waals surface area contributed by atoms with Gasteiger partial charge in [0.05, 0.1) is 0 Å². The van der Waals surface area contributed by atoms with Crippen molar-refractivity contribution in [3.05, 3.63) is 40.4 Å². The molecule has 12 heavy (non-hydrogen) atoms. The fourth-order valence-electron chi connectivity index (χ4n) is 0.856. The summed E-state index contributed by atoms with van der Waals surface area (Å²) in [6, 6.07) is 8.28. The molecule has 0 nitrogen and oxygen atoms in total. The van der Waals surface area contributed by atoms with Crippen LogP contribution in [0.5, 0.6) is 0 Å². The van der Waals surface area contributed by atoms with Crippen molar-refractivity contribution in [3.63, 3.8) is 0 Å². The summed E-state index contributed by atoms with van der Waals surface area (Å²) in [5.74, 6) is 0. The molecule has 0 aliphatic rings. The Morgan fingerprint density at radius 3 is 2.42 bits per heavy atom. The van der Waals surface area contributed by atoms with Gasteiger partial charge >= 0.3 is 0 Å². The minimum atomic E-state index is 1.03. The quantitative estimate of drug-likeness (QED) is 0.730. The molecule has 0 bridgehead atoms. The molecule has 0 aromatic heterocycles. The van der Waals surface area contributed by atoms with Crippen LogP contribution in [0.25, 0.3) is 6.08 Å². The van der Waals surface area contributed by atoms with Crippen LogP contribution >= 0.6 is 31.9 Å². The van der Waals surface area contributed by atoms with E-state index in [2.05, 4.69) is 56.1 Å². The highest BCUT2D eigenvalue weighted by Crippen LogP contribution is 2.11. The molecule has 0 aliphatic carbocycles. The van der Waals surface area contributed by atoms with Gasteiger partial charge in [0.2, 0.25) is 0 Å². The maximum absolute atomic E-state index is 3.40. The molecule has 1 rings (SSSR count). The largest absolute Gasteiger partial charge is 0.0925 e. The van der Waals surface area contributed by atoms with Crippen molar-refractivity contribution in [1.82, 2.24) is 0 Å². The van der Waals surface area contributed by atoms with Crippen LogP contribution in [0, 0.1) is 0 Å².